The molecule has 3 aliphatic carbocycles. The summed E-state index contributed by atoms with van der Waals surface area (Å²) in [7, 11) is 3.38. The molecule has 238 valence electrons. The van der Waals surface area contributed by atoms with Crippen molar-refractivity contribution in [3.8, 4) is 0 Å². The third kappa shape index (κ3) is 5.68. The van der Waals surface area contributed by atoms with Gasteiger partial charge in [0.2, 0.25) is 0 Å². The van der Waals surface area contributed by atoms with Crippen LogP contribution in [-0.4, -0.2) is 96.7 Å². The lowest BCUT2D eigenvalue weighted by molar-refractivity contribution is -0.116. The Labute approximate surface area is 252 Å². The average Bonchev–Trinajstić information content (AvgIpc) is 3.92. The summed E-state index contributed by atoms with van der Waals surface area (Å²) in [5.74, 6) is 0.264. The maximum absolute atomic E-state index is 10.3. The predicted octanol–water partition coefficient (Wildman–Crippen LogP) is 4.64. The van der Waals surface area contributed by atoms with E-state index in [1.165, 1.54) is 31.3 Å². The van der Waals surface area contributed by atoms with E-state index in [0.29, 0.717) is 0 Å². The first-order valence-electron chi connectivity index (χ1n) is 16.4. The van der Waals surface area contributed by atoms with Gasteiger partial charge in [-0.1, -0.05) is 23.3 Å². The molecule has 7 aliphatic rings. The van der Waals surface area contributed by atoms with Crippen molar-refractivity contribution in [3.05, 3.63) is 23.3 Å². The van der Waals surface area contributed by atoms with Crippen molar-refractivity contribution in [3.63, 3.8) is 0 Å². The van der Waals surface area contributed by atoms with E-state index >= 15 is 0 Å². The van der Waals surface area contributed by atoms with Gasteiger partial charge in [0.25, 0.3) is 0 Å². The molecule has 12 atom stereocenters. The lowest BCUT2D eigenvalue weighted by atomic mass is 9.68. The van der Waals surface area contributed by atoms with E-state index in [1.54, 1.807) is 19.8 Å². The molecule has 0 aromatic carbocycles. The Morgan fingerprint density at radius 2 is 1.26 bits per heavy atom. The molecule has 0 aromatic heterocycles. The summed E-state index contributed by atoms with van der Waals surface area (Å²) in [6.07, 6.45) is 14.4. The Morgan fingerprint density at radius 1 is 0.810 bits per heavy atom. The summed E-state index contributed by atoms with van der Waals surface area (Å²) in [5.41, 5.74) is 2.24. The molecule has 0 bridgehead atoms. The highest BCUT2D eigenvalue weighted by Gasteiger charge is 2.73. The monoisotopic (exact) mass is 590 g/mol. The highest BCUT2D eigenvalue weighted by atomic mass is 16.6. The topological polar surface area (TPSA) is 109 Å². The molecule has 8 nitrogen and oxygen atoms in total. The summed E-state index contributed by atoms with van der Waals surface area (Å²) >= 11 is 0. The number of aliphatic hydroxyl groups is 2. The van der Waals surface area contributed by atoms with Crippen LogP contribution in [0.15, 0.2) is 23.3 Å². The average molecular weight is 591 g/mol. The number of hydrogen-bond acceptors (Lipinski definition) is 8. The van der Waals surface area contributed by atoms with Crippen LogP contribution in [-0.2, 0) is 28.4 Å². The molecule has 4 saturated heterocycles. The van der Waals surface area contributed by atoms with Crippen LogP contribution >= 0.6 is 0 Å². The minimum absolute atomic E-state index is 0.107. The molecular formula is C34H54O8. The van der Waals surface area contributed by atoms with Crippen LogP contribution in [0.5, 0.6) is 0 Å². The maximum atomic E-state index is 10.3. The third-order valence-corrected chi connectivity index (χ3v) is 11.6. The Morgan fingerprint density at radius 3 is 1.67 bits per heavy atom. The van der Waals surface area contributed by atoms with E-state index in [2.05, 4.69) is 39.8 Å². The second-order valence-electron chi connectivity index (χ2n) is 14.7. The first kappa shape index (κ1) is 31.2. The molecule has 42 heavy (non-hydrogen) atoms. The predicted molar refractivity (Wildman–Crippen MR) is 158 cm³/mol. The second kappa shape index (κ2) is 11.5. The van der Waals surface area contributed by atoms with Gasteiger partial charge in [0, 0.05) is 14.2 Å². The van der Waals surface area contributed by atoms with E-state index in [-0.39, 0.29) is 58.7 Å². The first-order valence-corrected chi connectivity index (χ1v) is 16.4. The molecule has 0 aromatic rings. The van der Waals surface area contributed by atoms with Crippen LogP contribution in [0, 0.1) is 11.8 Å². The molecule has 7 rings (SSSR count). The lowest BCUT2D eigenvalue weighted by Crippen LogP contribution is -2.54. The highest BCUT2D eigenvalue weighted by Crippen LogP contribution is 2.60. The Bertz CT molecular complexity index is 1040. The van der Waals surface area contributed by atoms with Gasteiger partial charge in [-0.05, 0) is 91.9 Å². The van der Waals surface area contributed by atoms with Gasteiger partial charge in [-0.25, -0.2) is 0 Å². The molecule has 3 saturated carbocycles. The van der Waals surface area contributed by atoms with Crippen molar-refractivity contribution in [2.75, 3.05) is 27.4 Å². The molecule has 0 amide bonds. The minimum atomic E-state index is -0.412. The number of rotatable bonds is 8. The van der Waals surface area contributed by atoms with Gasteiger partial charge in [0.15, 0.2) is 0 Å². The molecule has 0 unspecified atom stereocenters. The summed E-state index contributed by atoms with van der Waals surface area (Å²) in [6.45, 7) is 10.1. The fourth-order valence-corrected chi connectivity index (χ4v) is 8.89. The van der Waals surface area contributed by atoms with Crippen molar-refractivity contribution >= 4 is 0 Å². The maximum Gasteiger partial charge on any atom is 0.101 e. The van der Waals surface area contributed by atoms with Crippen LogP contribution in [0.1, 0.15) is 91.9 Å². The molecular weight excluding hydrogens is 536 g/mol. The molecule has 0 radical (unpaired) electrons. The largest absolute Gasteiger partial charge is 0.390 e. The second-order valence-corrected chi connectivity index (χ2v) is 14.7. The molecule has 4 heterocycles. The summed E-state index contributed by atoms with van der Waals surface area (Å²) in [4.78, 5) is 0. The number of ether oxygens (including phenoxy) is 6. The zero-order valence-corrected chi connectivity index (χ0v) is 26.6. The number of allylic oxidation sites excluding steroid dienone is 2. The van der Waals surface area contributed by atoms with Crippen LogP contribution in [0.2, 0.25) is 0 Å². The van der Waals surface area contributed by atoms with E-state index in [9.17, 15) is 10.2 Å². The van der Waals surface area contributed by atoms with Gasteiger partial charge < -0.3 is 38.6 Å². The molecule has 4 aliphatic heterocycles. The van der Waals surface area contributed by atoms with Gasteiger partial charge >= 0.3 is 0 Å². The fraction of sp³-hybridized carbons (Fsp3) is 0.882. The van der Waals surface area contributed by atoms with Gasteiger partial charge in [-0.2, -0.15) is 0 Å². The standard InChI is InChI=1S/C18H28O4.C16H26O4/c1-17(14(22-17)8-7-12-5-3-4-6-12)16-15(20-2)13(19)9-10-18(16)11-21-18;1-10(2)5-6-12-15(3,20-12)14-13(18-4)11(17)7-8-16(14)9-19-16/h7,13-16,19H,3-6,8-11H2,1-2H3;5,11-14,17H,6-9H2,1-4H3/t13-,14-,15-,16-,17+,18+;11-,12-,13-,14-,15+,16+/m11/s1. The zero-order valence-electron chi connectivity index (χ0n) is 26.6. The highest BCUT2D eigenvalue weighted by molar-refractivity contribution is 5.22. The number of hydrogen-bond donors (Lipinski definition) is 2. The number of methoxy groups -OCH3 is 2. The van der Waals surface area contributed by atoms with Crippen molar-refractivity contribution < 1.29 is 38.6 Å². The van der Waals surface area contributed by atoms with Crippen molar-refractivity contribution in [1.82, 2.24) is 0 Å². The van der Waals surface area contributed by atoms with Crippen molar-refractivity contribution in [2.24, 2.45) is 11.8 Å². The van der Waals surface area contributed by atoms with Crippen LogP contribution < -0.4 is 0 Å². The molecule has 7 fully saturated rings. The van der Waals surface area contributed by atoms with Gasteiger partial charge in [-0.15, -0.1) is 0 Å². The summed E-state index contributed by atoms with van der Waals surface area (Å²) < 4.78 is 35.1. The van der Waals surface area contributed by atoms with Gasteiger partial charge in [0.1, 0.15) is 11.2 Å². The van der Waals surface area contributed by atoms with E-state index < -0.39 is 12.2 Å². The van der Waals surface area contributed by atoms with E-state index in [1.807, 2.05) is 0 Å². The number of aliphatic hydroxyl groups excluding tert-OH is 2. The van der Waals surface area contributed by atoms with Gasteiger partial charge in [-0.3, -0.25) is 0 Å². The smallest absolute Gasteiger partial charge is 0.101 e. The summed E-state index contributed by atoms with van der Waals surface area (Å²) in [5, 5.41) is 20.6. The molecule has 2 N–H and O–H groups in total. The third-order valence-electron chi connectivity index (χ3n) is 11.6. The Kier molecular flexibility index (Phi) is 8.54. The molecule has 2 spiro atoms. The SMILES string of the molecule is CO[C@@H]1[C@H](O)CC[C@]2(CO2)[C@H]1[C@@]1(C)O[C@@H]1CC=C(C)C.CO[C@@H]1[C@H](O)CC[C@]2(CO2)[C@H]1[C@@]1(C)O[C@@H]1CC=C1CCCC1. The quantitative estimate of drug-likeness (QED) is 0.311. The Balaban J connectivity index is 0.000000151. The van der Waals surface area contributed by atoms with Crippen molar-refractivity contribution in [2.45, 2.75) is 151 Å². The van der Waals surface area contributed by atoms with Crippen molar-refractivity contribution in [1.29, 1.82) is 0 Å². The van der Waals surface area contributed by atoms with Crippen LogP contribution in [0.25, 0.3) is 0 Å². The van der Waals surface area contributed by atoms with Crippen LogP contribution in [0.3, 0.4) is 0 Å². The molecule has 8 heteroatoms. The first-order chi connectivity index (χ1) is 20.0. The minimum Gasteiger partial charge on any atom is -0.390 e. The fourth-order valence-electron chi connectivity index (χ4n) is 8.89. The van der Waals surface area contributed by atoms with E-state index in [4.69, 9.17) is 28.4 Å². The van der Waals surface area contributed by atoms with Crippen LogP contribution in [0.4, 0.5) is 0 Å². The summed E-state index contributed by atoms with van der Waals surface area (Å²) in [6, 6.07) is 0. The zero-order chi connectivity index (χ0) is 29.9. The normalized spacial score (nSPS) is 50.2. The van der Waals surface area contributed by atoms with Gasteiger partial charge in [0.05, 0.1) is 72.9 Å². The number of epoxide rings is 4. The van der Waals surface area contributed by atoms with E-state index in [0.717, 1.165) is 51.7 Å². The lowest BCUT2D eigenvalue weighted by Gasteiger charge is -2.41. The Hall–Kier alpha value is -0.840.